The Balaban J connectivity index is 1.85. The van der Waals surface area contributed by atoms with Crippen LogP contribution in [0.2, 0.25) is 0 Å². The van der Waals surface area contributed by atoms with Crippen LogP contribution in [0, 0.1) is 12.3 Å². The molecular weight excluding hydrogens is 332 g/mol. The second kappa shape index (κ2) is 7.45. The standard InChI is InChI=1S/C20H16N2O4/c1-3-12-26-17-10-8-14(13-18(17)25-2)9-11-19(23)22-16-7-5-4-6-15(16)20(24)21-22/h1,4-11,13H,12H2,2H3,(H,21,24)/b11-9+. The van der Waals surface area contributed by atoms with Crippen LogP contribution in [0.25, 0.3) is 17.0 Å². The van der Waals surface area contributed by atoms with E-state index in [1.807, 2.05) is 0 Å². The predicted molar refractivity (Wildman–Crippen MR) is 98.4 cm³/mol. The number of hydrogen-bond donors (Lipinski definition) is 1. The van der Waals surface area contributed by atoms with Gasteiger partial charge in [0.2, 0.25) is 5.88 Å². The van der Waals surface area contributed by atoms with E-state index in [0.717, 1.165) is 10.2 Å². The van der Waals surface area contributed by atoms with Crippen LogP contribution in [0.4, 0.5) is 0 Å². The maximum absolute atomic E-state index is 12.4. The average molecular weight is 348 g/mol. The van der Waals surface area contributed by atoms with Crippen LogP contribution in [0.15, 0.2) is 48.5 Å². The Morgan fingerprint density at radius 3 is 2.88 bits per heavy atom. The van der Waals surface area contributed by atoms with Crippen LogP contribution in [0.5, 0.6) is 17.4 Å². The smallest absolute Gasteiger partial charge is 0.271 e. The van der Waals surface area contributed by atoms with Gasteiger partial charge in [-0.2, -0.15) is 4.68 Å². The molecule has 26 heavy (non-hydrogen) atoms. The lowest BCUT2D eigenvalue weighted by molar-refractivity contribution is 0.0958. The summed E-state index contributed by atoms with van der Waals surface area (Å²) in [7, 11) is 1.52. The summed E-state index contributed by atoms with van der Waals surface area (Å²) in [4.78, 5) is 12.4. The third kappa shape index (κ3) is 3.37. The molecule has 0 spiro atoms. The van der Waals surface area contributed by atoms with Crippen LogP contribution in [-0.4, -0.2) is 34.5 Å². The highest BCUT2D eigenvalue weighted by molar-refractivity contribution is 6.00. The quantitative estimate of drug-likeness (QED) is 0.566. The Morgan fingerprint density at radius 2 is 2.12 bits per heavy atom. The molecule has 0 aliphatic rings. The fourth-order valence-electron chi connectivity index (χ4n) is 2.48. The third-order valence-electron chi connectivity index (χ3n) is 3.69. The Hall–Kier alpha value is -3.72. The molecule has 1 heterocycles. The van der Waals surface area contributed by atoms with Crippen LogP contribution in [0.1, 0.15) is 10.4 Å². The number of aromatic hydroxyl groups is 1. The lowest BCUT2D eigenvalue weighted by Crippen LogP contribution is -2.08. The van der Waals surface area contributed by atoms with Crippen molar-refractivity contribution in [2.45, 2.75) is 0 Å². The first-order chi connectivity index (χ1) is 12.6. The molecule has 6 nitrogen and oxygen atoms in total. The number of aromatic nitrogens is 2. The van der Waals surface area contributed by atoms with Crippen LogP contribution < -0.4 is 9.47 Å². The molecule has 3 aromatic rings. The Kier molecular flexibility index (Phi) is 4.90. The first-order valence-corrected chi connectivity index (χ1v) is 7.77. The fraction of sp³-hybridized carbons (Fsp3) is 0.100. The SMILES string of the molecule is C#CCOc1ccc(/C=C/C(=O)n2nc(O)c3ccccc32)cc1OC. The van der Waals surface area contributed by atoms with E-state index in [1.54, 1.807) is 48.5 Å². The molecule has 0 fully saturated rings. The maximum atomic E-state index is 12.4. The highest BCUT2D eigenvalue weighted by Gasteiger charge is 2.12. The summed E-state index contributed by atoms with van der Waals surface area (Å²) in [5, 5.41) is 14.3. The fourth-order valence-corrected chi connectivity index (χ4v) is 2.48. The summed E-state index contributed by atoms with van der Waals surface area (Å²) < 4.78 is 11.8. The number of rotatable bonds is 5. The largest absolute Gasteiger partial charge is 0.493 e. The van der Waals surface area contributed by atoms with Crippen molar-refractivity contribution in [2.75, 3.05) is 13.7 Å². The van der Waals surface area contributed by atoms with Crippen molar-refractivity contribution in [1.82, 2.24) is 9.78 Å². The first kappa shape index (κ1) is 17.1. The van der Waals surface area contributed by atoms with Crippen molar-refractivity contribution in [1.29, 1.82) is 0 Å². The number of methoxy groups -OCH3 is 1. The molecule has 0 amide bonds. The first-order valence-electron chi connectivity index (χ1n) is 7.77. The minimum absolute atomic E-state index is 0.139. The molecular formula is C20H16N2O4. The number of benzene rings is 2. The zero-order valence-corrected chi connectivity index (χ0v) is 14.0. The molecule has 130 valence electrons. The lowest BCUT2D eigenvalue weighted by Gasteiger charge is -2.09. The van der Waals surface area contributed by atoms with Crippen LogP contribution >= 0.6 is 0 Å². The van der Waals surface area contributed by atoms with Gasteiger partial charge >= 0.3 is 0 Å². The van der Waals surface area contributed by atoms with Gasteiger partial charge in [-0.25, -0.2) is 0 Å². The van der Waals surface area contributed by atoms with E-state index in [9.17, 15) is 9.90 Å². The third-order valence-corrected chi connectivity index (χ3v) is 3.69. The molecule has 0 saturated carbocycles. The maximum Gasteiger partial charge on any atom is 0.271 e. The summed E-state index contributed by atoms with van der Waals surface area (Å²) in [6, 6.07) is 12.2. The lowest BCUT2D eigenvalue weighted by atomic mass is 10.2. The molecule has 0 aliphatic carbocycles. The van der Waals surface area contributed by atoms with Crippen molar-refractivity contribution in [3.63, 3.8) is 0 Å². The summed E-state index contributed by atoms with van der Waals surface area (Å²) in [6.07, 6.45) is 8.18. The predicted octanol–water partition coefficient (Wildman–Crippen LogP) is 3.12. The van der Waals surface area contributed by atoms with E-state index < -0.39 is 0 Å². The number of carbonyl (C=O) groups is 1. The van der Waals surface area contributed by atoms with Gasteiger partial charge in [0.15, 0.2) is 11.5 Å². The Morgan fingerprint density at radius 1 is 1.31 bits per heavy atom. The van der Waals surface area contributed by atoms with Crippen molar-refractivity contribution < 1.29 is 19.4 Å². The monoisotopic (exact) mass is 348 g/mol. The number of hydrogen-bond acceptors (Lipinski definition) is 5. The minimum Gasteiger partial charge on any atom is -0.493 e. The van der Waals surface area contributed by atoms with Gasteiger partial charge < -0.3 is 14.6 Å². The van der Waals surface area contributed by atoms with Gasteiger partial charge in [-0.3, -0.25) is 4.79 Å². The average Bonchev–Trinajstić information content (AvgIpc) is 3.02. The summed E-state index contributed by atoms with van der Waals surface area (Å²) in [5.74, 6) is 2.86. The van der Waals surface area contributed by atoms with Crippen molar-refractivity contribution >= 4 is 22.9 Å². The number of fused-ring (bicyclic) bond motifs is 1. The normalized spacial score (nSPS) is 10.8. The molecule has 0 radical (unpaired) electrons. The zero-order chi connectivity index (χ0) is 18.5. The highest BCUT2D eigenvalue weighted by atomic mass is 16.5. The molecule has 0 aliphatic heterocycles. The van der Waals surface area contributed by atoms with E-state index in [-0.39, 0.29) is 18.4 Å². The Bertz CT molecular complexity index is 1030. The van der Waals surface area contributed by atoms with Gasteiger partial charge in [0.1, 0.15) is 6.61 Å². The number of ether oxygens (including phenoxy) is 2. The molecule has 1 aromatic heterocycles. The van der Waals surface area contributed by atoms with E-state index in [1.165, 1.54) is 13.2 Å². The van der Waals surface area contributed by atoms with Gasteiger partial charge in [0, 0.05) is 6.08 Å². The van der Waals surface area contributed by atoms with E-state index in [0.29, 0.717) is 22.4 Å². The molecule has 6 heteroatoms. The van der Waals surface area contributed by atoms with Gasteiger partial charge in [0.25, 0.3) is 5.91 Å². The van der Waals surface area contributed by atoms with E-state index in [4.69, 9.17) is 15.9 Å². The highest BCUT2D eigenvalue weighted by Crippen LogP contribution is 2.28. The molecule has 2 aromatic carbocycles. The van der Waals surface area contributed by atoms with Gasteiger partial charge in [-0.05, 0) is 35.9 Å². The Labute approximate surface area is 150 Å². The molecule has 0 bridgehead atoms. The van der Waals surface area contributed by atoms with Gasteiger partial charge in [0.05, 0.1) is 18.0 Å². The number of para-hydroxylation sites is 1. The molecule has 0 atom stereocenters. The van der Waals surface area contributed by atoms with E-state index >= 15 is 0 Å². The second-order valence-corrected chi connectivity index (χ2v) is 5.33. The van der Waals surface area contributed by atoms with Crippen molar-refractivity contribution in [3.8, 4) is 29.7 Å². The summed E-state index contributed by atoms with van der Waals surface area (Å²) >= 11 is 0. The topological polar surface area (TPSA) is 73.6 Å². The second-order valence-electron chi connectivity index (χ2n) is 5.33. The molecule has 1 N–H and O–H groups in total. The molecule has 0 unspecified atom stereocenters. The molecule has 0 saturated heterocycles. The number of carbonyl (C=O) groups excluding carboxylic acids is 1. The van der Waals surface area contributed by atoms with Gasteiger partial charge in [-0.15, -0.1) is 11.5 Å². The number of nitrogens with zero attached hydrogens (tertiary/aromatic N) is 2. The molecule has 3 rings (SSSR count). The summed E-state index contributed by atoms with van der Waals surface area (Å²) in [5.41, 5.74) is 1.28. The minimum atomic E-state index is -0.381. The number of terminal acetylenes is 1. The number of allylic oxidation sites excluding steroid dienone is 1. The van der Waals surface area contributed by atoms with Gasteiger partial charge in [-0.1, -0.05) is 24.1 Å². The van der Waals surface area contributed by atoms with Crippen molar-refractivity contribution in [2.24, 2.45) is 0 Å². The van der Waals surface area contributed by atoms with Crippen molar-refractivity contribution in [3.05, 3.63) is 54.1 Å². The van der Waals surface area contributed by atoms with Crippen LogP contribution in [0.3, 0.4) is 0 Å². The summed E-state index contributed by atoms with van der Waals surface area (Å²) in [6.45, 7) is 0.139. The van der Waals surface area contributed by atoms with E-state index in [2.05, 4.69) is 11.0 Å². The zero-order valence-electron chi connectivity index (χ0n) is 14.0. The van der Waals surface area contributed by atoms with Crippen LogP contribution in [-0.2, 0) is 0 Å².